The number of halogens is 1. The predicted octanol–water partition coefficient (Wildman–Crippen LogP) is 2.43. The first-order valence-corrected chi connectivity index (χ1v) is 7.37. The van der Waals surface area contributed by atoms with Gasteiger partial charge in [-0.25, -0.2) is 0 Å². The molecule has 1 aromatic carbocycles. The molecule has 0 radical (unpaired) electrons. The minimum Gasteiger partial charge on any atom is -0.378 e. The number of carbonyl (C=O) groups is 1. The Morgan fingerprint density at radius 3 is 2.81 bits per heavy atom. The number of nitrogens with zero attached hydrogens (tertiary/aromatic N) is 2. The molecule has 110 valence electrons. The van der Waals surface area contributed by atoms with Crippen LogP contribution in [0.1, 0.15) is 18.4 Å². The van der Waals surface area contributed by atoms with E-state index >= 15 is 0 Å². The predicted molar refractivity (Wildman–Crippen MR) is 82.2 cm³/mol. The molecule has 21 heavy (non-hydrogen) atoms. The first-order valence-electron chi connectivity index (χ1n) is 6.99. The van der Waals surface area contributed by atoms with Crippen molar-refractivity contribution in [3.8, 4) is 0 Å². The first-order chi connectivity index (χ1) is 10.2. The molecule has 0 spiro atoms. The number of amides is 1. The van der Waals surface area contributed by atoms with Crippen LogP contribution in [-0.4, -0.2) is 21.7 Å². The van der Waals surface area contributed by atoms with E-state index in [9.17, 15) is 4.79 Å². The van der Waals surface area contributed by atoms with Crippen LogP contribution in [0.5, 0.6) is 0 Å². The molecule has 1 fully saturated rings. The number of hydrogen-bond acceptors (Lipinski definition) is 3. The Kier molecular flexibility index (Phi) is 4.10. The molecule has 0 aliphatic heterocycles. The summed E-state index contributed by atoms with van der Waals surface area (Å²) in [4.78, 5) is 11.7. The van der Waals surface area contributed by atoms with Gasteiger partial charge in [0.05, 0.1) is 11.9 Å². The van der Waals surface area contributed by atoms with Crippen molar-refractivity contribution in [1.29, 1.82) is 0 Å². The van der Waals surface area contributed by atoms with Gasteiger partial charge in [-0.05, 0) is 30.5 Å². The number of benzene rings is 1. The highest BCUT2D eigenvalue weighted by molar-refractivity contribution is 6.30. The highest BCUT2D eigenvalue weighted by atomic mass is 35.5. The zero-order valence-corrected chi connectivity index (χ0v) is 12.3. The maximum Gasteiger partial charge on any atom is 0.241 e. The zero-order chi connectivity index (χ0) is 14.7. The summed E-state index contributed by atoms with van der Waals surface area (Å²) in [6, 6.07) is 8.07. The third-order valence-electron chi connectivity index (χ3n) is 3.29. The number of hydrogen-bond donors (Lipinski definition) is 2. The standard InChI is InChI=1S/C15H17ClN4O/c16-12-3-1-11(2-4-12)7-17-14-8-18-20(9-14)10-15(21)19-13-5-6-13/h1-4,8-9,13,17H,5-7,10H2,(H,19,21). The summed E-state index contributed by atoms with van der Waals surface area (Å²) in [6.07, 6.45) is 5.75. The van der Waals surface area contributed by atoms with E-state index in [0.29, 0.717) is 12.6 Å². The number of nitrogens with one attached hydrogen (secondary N) is 2. The highest BCUT2D eigenvalue weighted by Gasteiger charge is 2.23. The molecule has 1 heterocycles. The topological polar surface area (TPSA) is 59.0 Å². The number of rotatable bonds is 6. The molecular formula is C15H17ClN4O. The molecular weight excluding hydrogens is 288 g/mol. The molecule has 6 heteroatoms. The number of aromatic nitrogens is 2. The lowest BCUT2D eigenvalue weighted by Gasteiger charge is -2.04. The molecule has 3 rings (SSSR count). The highest BCUT2D eigenvalue weighted by Crippen LogP contribution is 2.18. The Bertz CT molecular complexity index is 619. The Morgan fingerprint density at radius 2 is 2.10 bits per heavy atom. The molecule has 1 aliphatic carbocycles. The van der Waals surface area contributed by atoms with E-state index < -0.39 is 0 Å². The van der Waals surface area contributed by atoms with Gasteiger partial charge in [-0.1, -0.05) is 23.7 Å². The van der Waals surface area contributed by atoms with E-state index in [2.05, 4.69) is 15.7 Å². The molecule has 0 saturated heterocycles. The Hall–Kier alpha value is -2.01. The fourth-order valence-corrected chi connectivity index (χ4v) is 2.12. The molecule has 5 nitrogen and oxygen atoms in total. The minimum atomic E-state index is 0.0184. The summed E-state index contributed by atoms with van der Waals surface area (Å²) in [7, 11) is 0. The lowest BCUT2D eigenvalue weighted by Crippen LogP contribution is -2.29. The Morgan fingerprint density at radius 1 is 1.33 bits per heavy atom. The normalized spacial score (nSPS) is 14.0. The molecule has 1 aromatic heterocycles. The van der Waals surface area contributed by atoms with Crippen LogP contribution in [0.4, 0.5) is 5.69 Å². The summed E-state index contributed by atoms with van der Waals surface area (Å²) in [5, 5.41) is 11.1. The van der Waals surface area contributed by atoms with Crippen LogP contribution in [0.2, 0.25) is 5.02 Å². The van der Waals surface area contributed by atoms with E-state index in [0.717, 1.165) is 29.1 Å². The van der Waals surface area contributed by atoms with Crippen LogP contribution in [0.25, 0.3) is 0 Å². The van der Waals surface area contributed by atoms with Crippen LogP contribution in [-0.2, 0) is 17.9 Å². The maximum atomic E-state index is 11.7. The molecule has 2 N–H and O–H groups in total. The maximum absolute atomic E-state index is 11.7. The van der Waals surface area contributed by atoms with Gasteiger partial charge >= 0.3 is 0 Å². The van der Waals surface area contributed by atoms with Gasteiger partial charge in [0.2, 0.25) is 5.91 Å². The second-order valence-corrected chi connectivity index (χ2v) is 5.68. The summed E-state index contributed by atoms with van der Waals surface area (Å²) in [5.74, 6) is 0.0184. The fourth-order valence-electron chi connectivity index (χ4n) is 2.00. The average molecular weight is 305 g/mol. The van der Waals surface area contributed by atoms with Gasteiger partial charge in [0, 0.05) is 23.8 Å². The molecule has 1 saturated carbocycles. The average Bonchev–Trinajstić information content (AvgIpc) is 3.16. The van der Waals surface area contributed by atoms with Crippen LogP contribution in [0, 0.1) is 0 Å². The van der Waals surface area contributed by atoms with E-state index in [-0.39, 0.29) is 12.5 Å². The summed E-state index contributed by atoms with van der Waals surface area (Å²) >= 11 is 5.85. The monoisotopic (exact) mass is 304 g/mol. The molecule has 1 aliphatic rings. The van der Waals surface area contributed by atoms with Crippen molar-refractivity contribution in [3.63, 3.8) is 0 Å². The Balaban J connectivity index is 1.49. The quantitative estimate of drug-likeness (QED) is 0.862. The van der Waals surface area contributed by atoms with E-state index in [1.807, 2.05) is 30.5 Å². The van der Waals surface area contributed by atoms with E-state index in [4.69, 9.17) is 11.6 Å². The van der Waals surface area contributed by atoms with Crippen LogP contribution in [0.3, 0.4) is 0 Å². The third-order valence-corrected chi connectivity index (χ3v) is 3.54. The van der Waals surface area contributed by atoms with Crippen molar-refractivity contribution in [2.75, 3.05) is 5.32 Å². The van der Waals surface area contributed by atoms with Gasteiger partial charge in [-0.2, -0.15) is 5.10 Å². The summed E-state index contributed by atoms with van der Waals surface area (Å²) in [6.45, 7) is 0.955. The smallest absolute Gasteiger partial charge is 0.241 e. The molecule has 0 bridgehead atoms. The molecule has 0 unspecified atom stereocenters. The van der Waals surface area contributed by atoms with Crippen LogP contribution in [0.15, 0.2) is 36.7 Å². The largest absolute Gasteiger partial charge is 0.378 e. The SMILES string of the molecule is O=C(Cn1cc(NCc2ccc(Cl)cc2)cn1)NC1CC1. The van der Waals surface area contributed by atoms with Crippen molar-refractivity contribution < 1.29 is 4.79 Å². The Labute approximate surface area is 128 Å². The van der Waals surface area contributed by atoms with Gasteiger partial charge in [0.1, 0.15) is 6.54 Å². The number of carbonyl (C=O) groups excluding carboxylic acids is 1. The van der Waals surface area contributed by atoms with Gasteiger partial charge < -0.3 is 10.6 Å². The third kappa shape index (κ3) is 4.23. The van der Waals surface area contributed by atoms with Gasteiger partial charge in [-0.15, -0.1) is 0 Å². The lowest BCUT2D eigenvalue weighted by atomic mass is 10.2. The summed E-state index contributed by atoms with van der Waals surface area (Å²) in [5.41, 5.74) is 2.03. The van der Waals surface area contributed by atoms with Crippen LogP contribution < -0.4 is 10.6 Å². The van der Waals surface area contributed by atoms with Crippen molar-refractivity contribution in [2.24, 2.45) is 0 Å². The molecule has 0 atom stereocenters. The molecule has 1 amide bonds. The fraction of sp³-hybridized carbons (Fsp3) is 0.333. The van der Waals surface area contributed by atoms with Gasteiger partial charge in [0.25, 0.3) is 0 Å². The van der Waals surface area contributed by atoms with Crippen molar-refractivity contribution in [3.05, 3.63) is 47.2 Å². The van der Waals surface area contributed by atoms with Crippen molar-refractivity contribution in [2.45, 2.75) is 32.0 Å². The van der Waals surface area contributed by atoms with E-state index in [1.165, 1.54) is 0 Å². The summed E-state index contributed by atoms with van der Waals surface area (Å²) < 4.78 is 1.64. The second kappa shape index (κ2) is 6.18. The van der Waals surface area contributed by atoms with Gasteiger partial charge in [0.15, 0.2) is 0 Å². The van der Waals surface area contributed by atoms with Gasteiger partial charge in [-0.3, -0.25) is 9.48 Å². The number of anilines is 1. The zero-order valence-electron chi connectivity index (χ0n) is 11.6. The minimum absolute atomic E-state index is 0.0184. The van der Waals surface area contributed by atoms with E-state index in [1.54, 1.807) is 10.9 Å². The van der Waals surface area contributed by atoms with Crippen molar-refractivity contribution >= 4 is 23.2 Å². The van der Waals surface area contributed by atoms with Crippen molar-refractivity contribution in [1.82, 2.24) is 15.1 Å². The van der Waals surface area contributed by atoms with Crippen LogP contribution >= 0.6 is 11.6 Å². The lowest BCUT2D eigenvalue weighted by molar-refractivity contribution is -0.122. The second-order valence-electron chi connectivity index (χ2n) is 5.25. The molecule has 2 aromatic rings. The first kappa shape index (κ1) is 13.9.